The summed E-state index contributed by atoms with van der Waals surface area (Å²) in [6.45, 7) is 5.35. The summed E-state index contributed by atoms with van der Waals surface area (Å²) in [7, 11) is 0. The van der Waals surface area contributed by atoms with Gasteiger partial charge in [0.1, 0.15) is 0 Å². The fraction of sp³-hybridized carbons (Fsp3) is 0.400. The van der Waals surface area contributed by atoms with E-state index in [0.29, 0.717) is 0 Å². The smallest absolute Gasteiger partial charge is 0.185 e. The summed E-state index contributed by atoms with van der Waals surface area (Å²) in [6, 6.07) is 8.20. The standard InChI is InChI=1S/C15H20N4S/c16-14-4-1-3-13(11-14)12-18-6-2-7-19(9-8-18)15-17-5-10-20-15/h1,3-5,10-11H,2,6-9,12,16H2. The molecule has 0 amide bonds. The van der Waals surface area contributed by atoms with Crippen molar-refractivity contribution in [2.24, 2.45) is 0 Å². The molecule has 0 spiro atoms. The van der Waals surface area contributed by atoms with Crippen molar-refractivity contribution in [2.75, 3.05) is 36.8 Å². The van der Waals surface area contributed by atoms with Crippen LogP contribution in [0.2, 0.25) is 0 Å². The van der Waals surface area contributed by atoms with Crippen molar-refractivity contribution in [1.29, 1.82) is 0 Å². The fourth-order valence-electron chi connectivity index (χ4n) is 2.64. The summed E-state index contributed by atoms with van der Waals surface area (Å²) >= 11 is 1.73. The monoisotopic (exact) mass is 288 g/mol. The first-order valence-electron chi connectivity index (χ1n) is 7.02. The lowest BCUT2D eigenvalue weighted by atomic mass is 10.2. The van der Waals surface area contributed by atoms with Crippen LogP contribution in [-0.2, 0) is 6.54 Å². The minimum absolute atomic E-state index is 0.849. The van der Waals surface area contributed by atoms with E-state index in [2.05, 4.69) is 26.9 Å². The molecule has 1 aromatic heterocycles. The third-order valence-electron chi connectivity index (χ3n) is 3.64. The van der Waals surface area contributed by atoms with Crippen LogP contribution in [0, 0.1) is 0 Å². The maximum atomic E-state index is 5.85. The number of nitrogens with two attached hydrogens (primary N) is 1. The number of anilines is 2. The molecule has 0 unspecified atom stereocenters. The fourth-order valence-corrected chi connectivity index (χ4v) is 3.34. The van der Waals surface area contributed by atoms with E-state index in [0.717, 1.165) is 43.5 Å². The molecule has 2 aromatic rings. The Bertz CT molecular complexity index is 541. The second-order valence-electron chi connectivity index (χ2n) is 5.18. The largest absolute Gasteiger partial charge is 0.399 e. The van der Waals surface area contributed by atoms with Crippen molar-refractivity contribution in [3.05, 3.63) is 41.4 Å². The van der Waals surface area contributed by atoms with Gasteiger partial charge in [-0.3, -0.25) is 4.90 Å². The van der Waals surface area contributed by atoms with Gasteiger partial charge in [-0.05, 0) is 24.1 Å². The van der Waals surface area contributed by atoms with Crippen LogP contribution in [0.3, 0.4) is 0 Å². The molecule has 106 valence electrons. The van der Waals surface area contributed by atoms with Crippen LogP contribution in [0.4, 0.5) is 10.8 Å². The molecular formula is C15H20N4S. The highest BCUT2D eigenvalue weighted by Crippen LogP contribution is 2.19. The molecule has 1 aliphatic rings. The highest BCUT2D eigenvalue weighted by atomic mass is 32.1. The summed E-state index contributed by atoms with van der Waals surface area (Å²) in [4.78, 5) is 9.31. The molecule has 0 bridgehead atoms. The lowest BCUT2D eigenvalue weighted by Gasteiger charge is -2.21. The molecule has 0 aliphatic carbocycles. The van der Waals surface area contributed by atoms with Gasteiger partial charge in [0.25, 0.3) is 0 Å². The Labute approximate surface area is 123 Å². The van der Waals surface area contributed by atoms with Gasteiger partial charge in [0.05, 0.1) is 0 Å². The van der Waals surface area contributed by atoms with Crippen molar-refractivity contribution in [2.45, 2.75) is 13.0 Å². The van der Waals surface area contributed by atoms with Crippen LogP contribution in [-0.4, -0.2) is 36.1 Å². The van der Waals surface area contributed by atoms with E-state index < -0.39 is 0 Å². The van der Waals surface area contributed by atoms with Gasteiger partial charge in [0.2, 0.25) is 0 Å². The van der Waals surface area contributed by atoms with Crippen LogP contribution in [0.15, 0.2) is 35.8 Å². The quantitative estimate of drug-likeness (QED) is 0.881. The molecule has 4 nitrogen and oxygen atoms in total. The molecule has 2 heterocycles. The number of aromatic nitrogens is 1. The van der Waals surface area contributed by atoms with Crippen molar-refractivity contribution in [3.8, 4) is 0 Å². The molecule has 3 rings (SSSR count). The first-order chi connectivity index (χ1) is 9.81. The molecule has 0 saturated carbocycles. The Kier molecular flexibility index (Phi) is 4.18. The molecule has 0 atom stereocenters. The van der Waals surface area contributed by atoms with Gasteiger partial charge in [-0.1, -0.05) is 12.1 Å². The maximum absolute atomic E-state index is 5.85. The van der Waals surface area contributed by atoms with Gasteiger partial charge in [-0.2, -0.15) is 0 Å². The van der Waals surface area contributed by atoms with Crippen LogP contribution < -0.4 is 10.6 Å². The first-order valence-corrected chi connectivity index (χ1v) is 7.90. The molecule has 1 fully saturated rings. The Morgan fingerprint density at radius 1 is 1.20 bits per heavy atom. The Morgan fingerprint density at radius 2 is 2.15 bits per heavy atom. The maximum Gasteiger partial charge on any atom is 0.185 e. The van der Waals surface area contributed by atoms with Crippen LogP contribution in [0.1, 0.15) is 12.0 Å². The van der Waals surface area contributed by atoms with Crippen molar-refractivity contribution in [1.82, 2.24) is 9.88 Å². The van der Waals surface area contributed by atoms with Crippen molar-refractivity contribution in [3.63, 3.8) is 0 Å². The predicted molar refractivity (Wildman–Crippen MR) is 85.1 cm³/mol. The third-order valence-corrected chi connectivity index (χ3v) is 4.47. The summed E-state index contributed by atoms with van der Waals surface area (Å²) in [5.41, 5.74) is 7.99. The first kappa shape index (κ1) is 13.4. The Balaban J connectivity index is 1.60. The predicted octanol–water partition coefficient (Wildman–Crippen LogP) is 2.44. The second-order valence-corrected chi connectivity index (χ2v) is 6.05. The normalized spacial score (nSPS) is 17.1. The van der Waals surface area contributed by atoms with E-state index in [-0.39, 0.29) is 0 Å². The van der Waals surface area contributed by atoms with E-state index in [4.69, 9.17) is 5.73 Å². The highest BCUT2D eigenvalue weighted by molar-refractivity contribution is 7.13. The van der Waals surface area contributed by atoms with Gasteiger partial charge in [0, 0.05) is 50.0 Å². The molecule has 0 radical (unpaired) electrons. The zero-order valence-electron chi connectivity index (χ0n) is 11.5. The number of nitrogens with zero attached hydrogens (tertiary/aromatic N) is 3. The van der Waals surface area contributed by atoms with Gasteiger partial charge in [0.15, 0.2) is 5.13 Å². The number of hydrogen-bond acceptors (Lipinski definition) is 5. The summed E-state index contributed by atoms with van der Waals surface area (Å²) in [5, 5.41) is 3.20. The summed E-state index contributed by atoms with van der Waals surface area (Å²) < 4.78 is 0. The zero-order chi connectivity index (χ0) is 13.8. The number of thiazole rings is 1. The van der Waals surface area contributed by atoms with E-state index >= 15 is 0 Å². The van der Waals surface area contributed by atoms with Crippen LogP contribution in [0.5, 0.6) is 0 Å². The van der Waals surface area contributed by atoms with Crippen molar-refractivity contribution < 1.29 is 0 Å². The number of hydrogen-bond donors (Lipinski definition) is 1. The molecule has 1 saturated heterocycles. The lowest BCUT2D eigenvalue weighted by Crippen LogP contribution is -2.30. The van der Waals surface area contributed by atoms with E-state index in [1.807, 2.05) is 23.7 Å². The molecule has 20 heavy (non-hydrogen) atoms. The van der Waals surface area contributed by atoms with Gasteiger partial charge >= 0.3 is 0 Å². The summed E-state index contributed by atoms with van der Waals surface area (Å²) in [6.07, 6.45) is 3.07. The second kappa shape index (κ2) is 6.24. The van der Waals surface area contributed by atoms with Gasteiger partial charge in [-0.15, -0.1) is 11.3 Å². The van der Waals surface area contributed by atoms with Crippen LogP contribution >= 0.6 is 11.3 Å². The minimum Gasteiger partial charge on any atom is -0.399 e. The Hall–Kier alpha value is -1.59. The van der Waals surface area contributed by atoms with Gasteiger partial charge < -0.3 is 10.6 Å². The number of nitrogen functional groups attached to an aromatic ring is 1. The molecule has 1 aliphatic heterocycles. The van der Waals surface area contributed by atoms with Crippen molar-refractivity contribution >= 4 is 22.2 Å². The topological polar surface area (TPSA) is 45.4 Å². The van der Waals surface area contributed by atoms with E-state index in [9.17, 15) is 0 Å². The zero-order valence-corrected chi connectivity index (χ0v) is 12.4. The molecule has 5 heteroatoms. The summed E-state index contributed by atoms with van der Waals surface area (Å²) in [5.74, 6) is 0. The minimum atomic E-state index is 0.849. The Morgan fingerprint density at radius 3 is 2.95 bits per heavy atom. The third kappa shape index (κ3) is 3.29. The SMILES string of the molecule is Nc1cccc(CN2CCCN(c3nccs3)CC2)c1. The highest BCUT2D eigenvalue weighted by Gasteiger charge is 2.16. The molecular weight excluding hydrogens is 268 g/mol. The average molecular weight is 288 g/mol. The molecule has 2 N–H and O–H groups in total. The lowest BCUT2D eigenvalue weighted by molar-refractivity contribution is 0.285. The molecule has 1 aromatic carbocycles. The number of rotatable bonds is 3. The average Bonchev–Trinajstić information content (AvgIpc) is 2.87. The van der Waals surface area contributed by atoms with Gasteiger partial charge in [-0.25, -0.2) is 4.98 Å². The van der Waals surface area contributed by atoms with E-state index in [1.165, 1.54) is 12.0 Å². The van der Waals surface area contributed by atoms with Crippen LogP contribution in [0.25, 0.3) is 0 Å². The van der Waals surface area contributed by atoms with E-state index in [1.54, 1.807) is 11.3 Å². The number of benzene rings is 1.